The Morgan fingerprint density at radius 3 is 2.62 bits per heavy atom. The van der Waals surface area contributed by atoms with Crippen LogP contribution in [0.4, 0.5) is 0 Å². The number of nitrogens with zero attached hydrogens (tertiary/aromatic N) is 4. The number of piperidine rings is 1. The molecular weight excluding hydrogens is 368 g/mol. The molecule has 7 heteroatoms. The number of benzene rings is 1. The van der Waals surface area contributed by atoms with Gasteiger partial charge in [-0.3, -0.25) is 9.69 Å². The number of rotatable bonds is 6. The van der Waals surface area contributed by atoms with Gasteiger partial charge in [-0.25, -0.2) is 9.97 Å². The summed E-state index contributed by atoms with van der Waals surface area (Å²) in [5, 5.41) is 0. The lowest BCUT2D eigenvalue weighted by Gasteiger charge is -2.39. The third-order valence-electron chi connectivity index (χ3n) is 6.09. The summed E-state index contributed by atoms with van der Waals surface area (Å²) < 4.78 is 11.0. The maximum Gasteiger partial charge on any atom is 0.230 e. The van der Waals surface area contributed by atoms with Crippen molar-refractivity contribution in [1.82, 2.24) is 19.8 Å². The van der Waals surface area contributed by atoms with E-state index in [1.54, 1.807) is 26.6 Å². The molecule has 0 N–H and O–H groups in total. The zero-order valence-electron chi connectivity index (χ0n) is 17.1. The van der Waals surface area contributed by atoms with Crippen LogP contribution in [-0.4, -0.2) is 59.5 Å². The number of aromatic nitrogens is 2. The van der Waals surface area contributed by atoms with Crippen molar-refractivity contribution in [2.75, 3.05) is 33.9 Å². The molecule has 0 saturated carbocycles. The van der Waals surface area contributed by atoms with Gasteiger partial charge in [0.2, 0.25) is 5.91 Å². The van der Waals surface area contributed by atoms with Crippen molar-refractivity contribution in [2.24, 2.45) is 5.41 Å². The number of hydrogen-bond donors (Lipinski definition) is 0. The number of methoxy groups -OCH3 is 2. The Bertz CT molecular complexity index is 860. The summed E-state index contributed by atoms with van der Waals surface area (Å²) in [6, 6.07) is 7.65. The lowest BCUT2D eigenvalue weighted by atomic mass is 9.78. The molecule has 1 atom stereocenters. The molecular formula is C22H28N4O3. The van der Waals surface area contributed by atoms with E-state index < -0.39 is 0 Å². The van der Waals surface area contributed by atoms with Crippen molar-refractivity contribution in [1.29, 1.82) is 0 Å². The van der Waals surface area contributed by atoms with Crippen molar-refractivity contribution in [2.45, 2.75) is 32.4 Å². The van der Waals surface area contributed by atoms with Crippen LogP contribution in [0.3, 0.4) is 0 Å². The van der Waals surface area contributed by atoms with Crippen LogP contribution in [0.1, 0.15) is 30.7 Å². The van der Waals surface area contributed by atoms with Crippen LogP contribution in [-0.2, 0) is 17.9 Å². The number of likely N-dealkylation sites (tertiary alicyclic amines) is 2. The summed E-state index contributed by atoms with van der Waals surface area (Å²) in [7, 11) is 3.27. The molecule has 1 aromatic carbocycles. The van der Waals surface area contributed by atoms with Gasteiger partial charge in [0.05, 0.1) is 26.2 Å². The van der Waals surface area contributed by atoms with Gasteiger partial charge in [-0.1, -0.05) is 12.1 Å². The molecule has 2 fully saturated rings. The Morgan fingerprint density at radius 1 is 1.03 bits per heavy atom. The number of para-hydroxylation sites is 1. The quantitative estimate of drug-likeness (QED) is 0.747. The zero-order chi connectivity index (χ0) is 20.3. The Balaban J connectivity index is 1.47. The molecule has 154 valence electrons. The summed E-state index contributed by atoms with van der Waals surface area (Å²) in [5.74, 6) is 2.46. The van der Waals surface area contributed by atoms with Gasteiger partial charge < -0.3 is 14.4 Å². The van der Waals surface area contributed by atoms with Gasteiger partial charge in [0.1, 0.15) is 5.82 Å². The number of hydrogen-bond acceptors (Lipinski definition) is 6. The first-order valence-electron chi connectivity index (χ1n) is 10.1. The van der Waals surface area contributed by atoms with E-state index in [9.17, 15) is 4.79 Å². The fourth-order valence-corrected chi connectivity index (χ4v) is 4.67. The Labute approximate surface area is 171 Å². The monoisotopic (exact) mass is 396 g/mol. The van der Waals surface area contributed by atoms with Crippen molar-refractivity contribution < 1.29 is 14.3 Å². The molecule has 1 amide bonds. The Kier molecular flexibility index (Phi) is 5.67. The van der Waals surface area contributed by atoms with Gasteiger partial charge in [0.25, 0.3) is 0 Å². The molecule has 2 aromatic rings. The third kappa shape index (κ3) is 3.92. The number of ether oxygens (including phenoxy) is 2. The molecule has 2 aliphatic heterocycles. The highest BCUT2D eigenvalue weighted by Gasteiger charge is 2.48. The second-order valence-electron chi connectivity index (χ2n) is 7.89. The average Bonchev–Trinajstić information content (AvgIpc) is 3.15. The maximum atomic E-state index is 13.5. The first kappa shape index (κ1) is 19.6. The second-order valence-corrected chi connectivity index (χ2v) is 7.89. The van der Waals surface area contributed by atoms with Crippen molar-refractivity contribution in [3.05, 3.63) is 48.0 Å². The van der Waals surface area contributed by atoms with Gasteiger partial charge in [-0.2, -0.15) is 0 Å². The van der Waals surface area contributed by atoms with E-state index in [0.717, 1.165) is 50.3 Å². The van der Waals surface area contributed by atoms with Gasteiger partial charge in [0.15, 0.2) is 11.5 Å². The van der Waals surface area contributed by atoms with Crippen LogP contribution < -0.4 is 9.47 Å². The van der Waals surface area contributed by atoms with Gasteiger partial charge >= 0.3 is 0 Å². The van der Waals surface area contributed by atoms with Crippen molar-refractivity contribution in [3.63, 3.8) is 0 Å². The van der Waals surface area contributed by atoms with Crippen LogP contribution >= 0.6 is 0 Å². The minimum absolute atomic E-state index is 0.255. The molecule has 1 aromatic heterocycles. The molecule has 3 heterocycles. The predicted molar refractivity (Wildman–Crippen MR) is 109 cm³/mol. The highest BCUT2D eigenvalue weighted by Crippen LogP contribution is 2.41. The Morgan fingerprint density at radius 2 is 1.86 bits per heavy atom. The molecule has 29 heavy (non-hydrogen) atoms. The first-order chi connectivity index (χ1) is 14.1. The molecule has 7 nitrogen and oxygen atoms in total. The smallest absolute Gasteiger partial charge is 0.230 e. The minimum atomic E-state index is -0.293. The SMILES string of the molecule is COc1cccc(CN2CCCC3(CCN(Cc4ncccn4)C3)C2=O)c1OC. The molecule has 0 aliphatic carbocycles. The maximum absolute atomic E-state index is 13.5. The van der Waals surface area contributed by atoms with E-state index in [0.29, 0.717) is 24.6 Å². The summed E-state index contributed by atoms with van der Waals surface area (Å²) in [4.78, 5) is 26.5. The van der Waals surface area contributed by atoms with Crippen LogP contribution in [0.2, 0.25) is 0 Å². The van der Waals surface area contributed by atoms with Gasteiger partial charge in [-0.05, 0) is 37.9 Å². The first-order valence-corrected chi connectivity index (χ1v) is 10.1. The molecule has 2 saturated heterocycles. The lowest BCUT2D eigenvalue weighted by molar-refractivity contribution is -0.146. The summed E-state index contributed by atoms with van der Waals surface area (Å²) in [5.41, 5.74) is 0.684. The molecule has 4 rings (SSSR count). The molecule has 2 aliphatic rings. The van der Waals surface area contributed by atoms with Gasteiger partial charge in [-0.15, -0.1) is 0 Å². The fourth-order valence-electron chi connectivity index (χ4n) is 4.67. The van der Waals surface area contributed by atoms with E-state index in [1.807, 2.05) is 29.2 Å². The van der Waals surface area contributed by atoms with Gasteiger partial charge in [0, 0.05) is 37.6 Å². The summed E-state index contributed by atoms with van der Waals surface area (Å²) in [6.45, 7) is 3.70. The summed E-state index contributed by atoms with van der Waals surface area (Å²) >= 11 is 0. The minimum Gasteiger partial charge on any atom is -0.493 e. The lowest BCUT2D eigenvalue weighted by Crippen LogP contribution is -2.49. The zero-order valence-corrected chi connectivity index (χ0v) is 17.1. The van der Waals surface area contributed by atoms with Crippen LogP contribution in [0.15, 0.2) is 36.7 Å². The van der Waals surface area contributed by atoms with E-state index in [1.165, 1.54) is 0 Å². The van der Waals surface area contributed by atoms with E-state index >= 15 is 0 Å². The van der Waals surface area contributed by atoms with Crippen LogP contribution in [0.25, 0.3) is 0 Å². The highest BCUT2D eigenvalue weighted by molar-refractivity contribution is 5.84. The number of amides is 1. The fraction of sp³-hybridized carbons (Fsp3) is 0.500. The third-order valence-corrected chi connectivity index (χ3v) is 6.09. The van der Waals surface area contributed by atoms with E-state index in [4.69, 9.17) is 9.47 Å². The standard InChI is InChI=1S/C22H28N4O3/c1-28-18-7-3-6-17(20(18)29-2)14-26-12-4-8-22(21(26)27)9-13-25(16-22)15-19-23-10-5-11-24-19/h3,5-7,10-11H,4,8-9,12-16H2,1-2H3. The summed E-state index contributed by atoms with van der Waals surface area (Å²) in [6.07, 6.45) is 6.40. The highest BCUT2D eigenvalue weighted by atomic mass is 16.5. The molecule has 0 radical (unpaired) electrons. The number of carbonyl (C=O) groups is 1. The van der Waals surface area contributed by atoms with Crippen LogP contribution in [0, 0.1) is 5.41 Å². The number of carbonyl (C=O) groups excluding carboxylic acids is 1. The molecule has 1 unspecified atom stereocenters. The average molecular weight is 396 g/mol. The second kappa shape index (κ2) is 8.37. The van der Waals surface area contributed by atoms with E-state index in [-0.39, 0.29) is 11.3 Å². The topological polar surface area (TPSA) is 67.8 Å². The molecule has 0 bridgehead atoms. The Hall–Kier alpha value is -2.67. The van der Waals surface area contributed by atoms with Crippen molar-refractivity contribution in [3.8, 4) is 11.5 Å². The predicted octanol–water partition coefficient (Wildman–Crippen LogP) is 2.51. The largest absolute Gasteiger partial charge is 0.493 e. The normalized spacial score (nSPS) is 22.3. The van der Waals surface area contributed by atoms with Crippen molar-refractivity contribution >= 4 is 5.91 Å². The van der Waals surface area contributed by atoms with Crippen LogP contribution in [0.5, 0.6) is 11.5 Å². The molecule has 1 spiro atoms. The van der Waals surface area contributed by atoms with E-state index in [2.05, 4.69) is 14.9 Å².